The van der Waals surface area contributed by atoms with Crippen LogP contribution >= 0.6 is 0 Å². The molecule has 0 saturated carbocycles. The zero-order valence-corrected chi connectivity index (χ0v) is 10.0. The van der Waals surface area contributed by atoms with Gasteiger partial charge in [-0.05, 0) is 12.0 Å². The van der Waals surface area contributed by atoms with E-state index >= 15 is 0 Å². The number of rotatable bonds is 7. The summed E-state index contributed by atoms with van der Waals surface area (Å²) >= 11 is 0. The Kier molecular flexibility index (Phi) is 5.87. The van der Waals surface area contributed by atoms with Gasteiger partial charge >= 0.3 is 11.9 Å². The third-order valence-electron chi connectivity index (χ3n) is 2.40. The van der Waals surface area contributed by atoms with Crippen molar-refractivity contribution in [3.8, 4) is 0 Å². The number of nitrogens with two attached hydrogens (primary N) is 1. The molecule has 18 heavy (non-hydrogen) atoms. The Morgan fingerprint density at radius 2 is 1.94 bits per heavy atom. The first-order valence-corrected chi connectivity index (χ1v) is 5.75. The number of aliphatic carboxylic acids is 1. The lowest BCUT2D eigenvalue weighted by Gasteiger charge is -2.08. The van der Waals surface area contributed by atoms with Crippen LogP contribution in [0.2, 0.25) is 0 Å². The molecule has 0 aromatic heterocycles. The minimum absolute atomic E-state index is 0.133. The summed E-state index contributed by atoms with van der Waals surface area (Å²) in [6, 6.07) is 8.84. The summed E-state index contributed by atoms with van der Waals surface area (Å²) < 4.78 is 5.04. The molecular formula is C13H17NO4. The maximum Gasteiger partial charge on any atom is 0.306 e. The highest BCUT2D eigenvalue weighted by molar-refractivity contribution is 5.70. The molecule has 5 nitrogen and oxygen atoms in total. The predicted molar refractivity (Wildman–Crippen MR) is 65.7 cm³/mol. The van der Waals surface area contributed by atoms with Gasteiger partial charge in [0.1, 0.15) is 6.61 Å². The molecule has 1 aromatic carbocycles. The second-order valence-corrected chi connectivity index (χ2v) is 4.04. The number of ether oxygens (including phenoxy) is 1. The third-order valence-corrected chi connectivity index (χ3v) is 2.40. The fraction of sp³-hybridized carbons (Fsp3) is 0.385. The molecule has 0 bridgehead atoms. The van der Waals surface area contributed by atoms with Crippen LogP contribution in [0.4, 0.5) is 0 Å². The normalized spacial score (nSPS) is 11.8. The van der Waals surface area contributed by atoms with Crippen molar-refractivity contribution in [3.05, 3.63) is 35.9 Å². The molecule has 0 spiro atoms. The molecule has 0 fully saturated rings. The quantitative estimate of drug-likeness (QED) is 0.713. The van der Waals surface area contributed by atoms with Crippen molar-refractivity contribution in [2.75, 3.05) is 0 Å². The Morgan fingerprint density at radius 3 is 2.56 bits per heavy atom. The fourth-order valence-corrected chi connectivity index (χ4v) is 1.44. The van der Waals surface area contributed by atoms with Gasteiger partial charge in [-0.1, -0.05) is 30.3 Å². The molecule has 0 saturated heterocycles. The number of hydrogen-bond donors (Lipinski definition) is 2. The van der Waals surface area contributed by atoms with Gasteiger partial charge in [0.15, 0.2) is 0 Å². The number of esters is 1. The summed E-state index contributed by atoms with van der Waals surface area (Å²) in [6.45, 7) is 0.230. The molecule has 0 amide bonds. The summed E-state index contributed by atoms with van der Waals surface area (Å²) in [7, 11) is 0. The fourth-order valence-electron chi connectivity index (χ4n) is 1.44. The summed E-state index contributed by atoms with van der Waals surface area (Å²) in [5.41, 5.74) is 6.46. The number of carboxylic acid groups (broad SMARTS) is 1. The average Bonchev–Trinajstić information content (AvgIpc) is 2.34. The standard InChI is InChI=1S/C13H17NO4/c14-11(8-12(15)16)6-7-13(17)18-9-10-4-2-1-3-5-10/h1-5,11H,6-9,14H2,(H,15,16)/t11-/m0/s1. The van der Waals surface area contributed by atoms with Gasteiger partial charge in [-0.25, -0.2) is 0 Å². The van der Waals surface area contributed by atoms with Crippen molar-refractivity contribution >= 4 is 11.9 Å². The maximum atomic E-state index is 11.4. The molecule has 0 aliphatic carbocycles. The van der Waals surface area contributed by atoms with Crippen LogP contribution in [-0.2, 0) is 20.9 Å². The third kappa shape index (κ3) is 6.00. The number of carbonyl (C=O) groups excluding carboxylic acids is 1. The molecular weight excluding hydrogens is 234 g/mol. The molecule has 3 N–H and O–H groups in total. The van der Waals surface area contributed by atoms with Gasteiger partial charge in [0.25, 0.3) is 0 Å². The summed E-state index contributed by atoms with van der Waals surface area (Å²) in [4.78, 5) is 21.8. The monoisotopic (exact) mass is 251 g/mol. The lowest BCUT2D eigenvalue weighted by molar-refractivity contribution is -0.145. The van der Waals surface area contributed by atoms with Crippen LogP contribution in [0, 0.1) is 0 Å². The minimum Gasteiger partial charge on any atom is -0.481 e. The Bertz CT molecular complexity index is 391. The van der Waals surface area contributed by atoms with Crippen LogP contribution < -0.4 is 5.73 Å². The Labute approximate surface area is 106 Å². The van der Waals surface area contributed by atoms with E-state index in [1.54, 1.807) is 0 Å². The smallest absolute Gasteiger partial charge is 0.306 e. The second kappa shape index (κ2) is 7.45. The summed E-state index contributed by atoms with van der Waals surface area (Å²) in [6.07, 6.45) is 0.327. The van der Waals surface area contributed by atoms with Gasteiger partial charge in [0.05, 0.1) is 6.42 Å². The minimum atomic E-state index is -0.958. The lowest BCUT2D eigenvalue weighted by Crippen LogP contribution is -2.24. The van der Waals surface area contributed by atoms with E-state index in [-0.39, 0.29) is 25.4 Å². The number of benzene rings is 1. The number of carbonyl (C=O) groups is 2. The molecule has 0 heterocycles. The first-order valence-electron chi connectivity index (χ1n) is 5.75. The van der Waals surface area contributed by atoms with Gasteiger partial charge < -0.3 is 15.6 Å². The Morgan fingerprint density at radius 1 is 1.28 bits per heavy atom. The molecule has 5 heteroatoms. The average molecular weight is 251 g/mol. The van der Waals surface area contributed by atoms with E-state index in [0.29, 0.717) is 6.42 Å². The molecule has 0 radical (unpaired) electrons. The van der Waals surface area contributed by atoms with Crippen molar-refractivity contribution in [1.82, 2.24) is 0 Å². The van der Waals surface area contributed by atoms with Crippen molar-refractivity contribution in [2.24, 2.45) is 5.73 Å². The topological polar surface area (TPSA) is 89.6 Å². The van der Waals surface area contributed by atoms with Crippen LogP contribution in [0.25, 0.3) is 0 Å². The van der Waals surface area contributed by atoms with Gasteiger partial charge in [-0.15, -0.1) is 0 Å². The zero-order chi connectivity index (χ0) is 13.4. The Hall–Kier alpha value is -1.88. The van der Waals surface area contributed by atoms with Crippen LogP contribution in [0.15, 0.2) is 30.3 Å². The van der Waals surface area contributed by atoms with Crippen molar-refractivity contribution < 1.29 is 19.4 Å². The van der Waals surface area contributed by atoms with E-state index in [0.717, 1.165) is 5.56 Å². The highest BCUT2D eigenvalue weighted by Gasteiger charge is 2.11. The molecule has 1 atom stereocenters. The van der Waals surface area contributed by atoms with Crippen LogP contribution in [0.1, 0.15) is 24.8 Å². The predicted octanol–water partition coefficient (Wildman–Crippen LogP) is 1.31. The molecule has 0 aliphatic rings. The van der Waals surface area contributed by atoms with E-state index in [4.69, 9.17) is 15.6 Å². The van der Waals surface area contributed by atoms with E-state index in [9.17, 15) is 9.59 Å². The van der Waals surface area contributed by atoms with Gasteiger partial charge in [0, 0.05) is 12.5 Å². The van der Waals surface area contributed by atoms with Crippen molar-refractivity contribution in [3.63, 3.8) is 0 Å². The number of carboxylic acids is 1. The van der Waals surface area contributed by atoms with Crippen molar-refractivity contribution in [2.45, 2.75) is 31.9 Å². The van der Waals surface area contributed by atoms with E-state index in [2.05, 4.69) is 0 Å². The van der Waals surface area contributed by atoms with E-state index < -0.39 is 12.0 Å². The van der Waals surface area contributed by atoms with Gasteiger partial charge in [-0.2, -0.15) is 0 Å². The van der Waals surface area contributed by atoms with E-state index in [1.165, 1.54) is 0 Å². The first-order chi connectivity index (χ1) is 8.58. The summed E-state index contributed by atoms with van der Waals surface area (Å²) in [5.74, 6) is -1.32. The lowest BCUT2D eigenvalue weighted by atomic mass is 10.1. The first kappa shape index (κ1) is 14.2. The molecule has 98 valence electrons. The van der Waals surface area contributed by atoms with Gasteiger partial charge in [-0.3, -0.25) is 9.59 Å². The SMILES string of the molecule is N[C@@H](CCC(=O)OCc1ccccc1)CC(=O)O. The van der Waals surface area contributed by atoms with Crippen molar-refractivity contribution in [1.29, 1.82) is 0 Å². The second-order valence-electron chi connectivity index (χ2n) is 4.04. The maximum absolute atomic E-state index is 11.4. The van der Waals surface area contributed by atoms with Crippen LogP contribution in [-0.4, -0.2) is 23.1 Å². The zero-order valence-electron chi connectivity index (χ0n) is 10.0. The van der Waals surface area contributed by atoms with E-state index in [1.807, 2.05) is 30.3 Å². The number of hydrogen-bond acceptors (Lipinski definition) is 4. The molecule has 1 aromatic rings. The molecule has 0 unspecified atom stereocenters. The Balaban J connectivity index is 2.20. The molecule has 0 aliphatic heterocycles. The largest absolute Gasteiger partial charge is 0.481 e. The van der Waals surface area contributed by atoms with Crippen LogP contribution in [0.5, 0.6) is 0 Å². The van der Waals surface area contributed by atoms with Crippen LogP contribution in [0.3, 0.4) is 0 Å². The molecule has 1 rings (SSSR count). The highest BCUT2D eigenvalue weighted by atomic mass is 16.5. The van der Waals surface area contributed by atoms with Gasteiger partial charge in [0.2, 0.25) is 0 Å². The highest BCUT2D eigenvalue weighted by Crippen LogP contribution is 2.04. The summed E-state index contributed by atoms with van der Waals surface area (Å²) in [5, 5.41) is 8.50.